The molecule has 3 amide bonds. The second-order valence-corrected chi connectivity index (χ2v) is 5.59. The van der Waals surface area contributed by atoms with Crippen LogP contribution in [0, 0.1) is 5.92 Å². The number of carbonyl (C=O) groups is 2. The quantitative estimate of drug-likeness (QED) is 0.898. The van der Waals surface area contributed by atoms with E-state index in [0.29, 0.717) is 25.5 Å². The standard InChI is InChI=1S/C15H20N4O2/c20-14(12-5-6-12)18-8-3-9-19(11-10-18)15(21)17-13-4-1-2-7-16-13/h1-2,4,7,12H,3,5-6,8-11H2,(H,16,17,21). The molecule has 1 saturated heterocycles. The van der Waals surface area contributed by atoms with Crippen molar-refractivity contribution in [3.05, 3.63) is 24.4 Å². The molecule has 21 heavy (non-hydrogen) atoms. The minimum Gasteiger partial charge on any atom is -0.341 e. The highest BCUT2D eigenvalue weighted by Gasteiger charge is 2.34. The first kappa shape index (κ1) is 13.9. The largest absolute Gasteiger partial charge is 0.341 e. The molecular formula is C15H20N4O2. The van der Waals surface area contributed by atoms with Gasteiger partial charge in [0.05, 0.1) is 0 Å². The molecule has 112 valence electrons. The van der Waals surface area contributed by atoms with Gasteiger partial charge in [0.2, 0.25) is 5.91 Å². The summed E-state index contributed by atoms with van der Waals surface area (Å²) >= 11 is 0. The van der Waals surface area contributed by atoms with E-state index < -0.39 is 0 Å². The second-order valence-electron chi connectivity index (χ2n) is 5.59. The number of amides is 3. The molecule has 1 aliphatic heterocycles. The number of nitrogens with one attached hydrogen (secondary N) is 1. The first-order valence-electron chi connectivity index (χ1n) is 7.50. The fourth-order valence-electron chi connectivity index (χ4n) is 2.55. The molecule has 6 nitrogen and oxygen atoms in total. The molecule has 6 heteroatoms. The van der Waals surface area contributed by atoms with Crippen molar-refractivity contribution in [2.45, 2.75) is 19.3 Å². The molecule has 1 aliphatic carbocycles. The van der Waals surface area contributed by atoms with Crippen molar-refractivity contribution in [1.29, 1.82) is 0 Å². The van der Waals surface area contributed by atoms with E-state index in [4.69, 9.17) is 0 Å². The summed E-state index contributed by atoms with van der Waals surface area (Å²) in [6, 6.07) is 5.26. The summed E-state index contributed by atoms with van der Waals surface area (Å²) in [6.07, 6.45) is 4.53. The van der Waals surface area contributed by atoms with Crippen LogP contribution < -0.4 is 5.32 Å². The Kier molecular flexibility index (Phi) is 4.03. The molecular weight excluding hydrogens is 268 g/mol. The van der Waals surface area contributed by atoms with Crippen molar-refractivity contribution in [1.82, 2.24) is 14.8 Å². The van der Waals surface area contributed by atoms with Crippen molar-refractivity contribution < 1.29 is 9.59 Å². The lowest BCUT2D eigenvalue weighted by atomic mass is 10.3. The summed E-state index contributed by atoms with van der Waals surface area (Å²) in [6.45, 7) is 2.64. The van der Waals surface area contributed by atoms with Gasteiger partial charge in [-0.2, -0.15) is 0 Å². The number of rotatable bonds is 2. The van der Waals surface area contributed by atoms with Gasteiger partial charge >= 0.3 is 6.03 Å². The highest BCUT2D eigenvalue weighted by molar-refractivity contribution is 5.88. The van der Waals surface area contributed by atoms with Gasteiger partial charge in [-0.15, -0.1) is 0 Å². The number of carbonyl (C=O) groups excluding carboxylic acids is 2. The normalized spacial score (nSPS) is 19.0. The average Bonchev–Trinajstić information content (AvgIpc) is 3.34. The Bertz CT molecular complexity index is 516. The van der Waals surface area contributed by atoms with Crippen LogP contribution in [-0.2, 0) is 4.79 Å². The number of hydrogen-bond donors (Lipinski definition) is 1. The molecule has 1 aromatic rings. The maximum atomic E-state index is 12.2. The average molecular weight is 288 g/mol. The first-order valence-corrected chi connectivity index (χ1v) is 7.50. The van der Waals surface area contributed by atoms with Gasteiger partial charge in [0.15, 0.2) is 0 Å². The molecule has 0 radical (unpaired) electrons. The third-order valence-electron chi connectivity index (χ3n) is 3.92. The lowest BCUT2D eigenvalue weighted by Crippen LogP contribution is -2.39. The molecule has 2 aliphatic rings. The van der Waals surface area contributed by atoms with Crippen LogP contribution in [0.4, 0.5) is 10.6 Å². The Labute approximate surface area is 124 Å². The maximum Gasteiger partial charge on any atom is 0.323 e. The monoisotopic (exact) mass is 288 g/mol. The van der Waals surface area contributed by atoms with Gasteiger partial charge in [-0.05, 0) is 31.4 Å². The van der Waals surface area contributed by atoms with Crippen LogP contribution in [0.5, 0.6) is 0 Å². The number of pyridine rings is 1. The number of aromatic nitrogens is 1. The van der Waals surface area contributed by atoms with Crippen LogP contribution in [0.2, 0.25) is 0 Å². The van der Waals surface area contributed by atoms with Crippen LogP contribution in [0.1, 0.15) is 19.3 Å². The fraction of sp³-hybridized carbons (Fsp3) is 0.533. The lowest BCUT2D eigenvalue weighted by molar-refractivity contribution is -0.132. The minimum atomic E-state index is -0.144. The summed E-state index contributed by atoms with van der Waals surface area (Å²) in [5.74, 6) is 1.07. The van der Waals surface area contributed by atoms with Crippen LogP contribution in [0.15, 0.2) is 24.4 Å². The van der Waals surface area contributed by atoms with Gasteiger partial charge in [-0.3, -0.25) is 10.1 Å². The van der Waals surface area contributed by atoms with Crippen LogP contribution in [0.3, 0.4) is 0 Å². The van der Waals surface area contributed by atoms with Crippen molar-refractivity contribution in [3.63, 3.8) is 0 Å². The molecule has 0 atom stereocenters. The van der Waals surface area contributed by atoms with E-state index in [1.54, 1.807) is 17.2 Å². The van der Waals surface area contributed by atoms with Crippen molar-refractivity contribution in [3.8, 4) is 0 Å². The molecule has 1 N–H and O–H groups in total. The maximum absolute atomic E-state index is 12.2. The second kappa shape index (κ2) is 6.11. The Morgan fingerprint density at radius 3 is 2.57 bits per heavy atom. The zero-order chi connectivity index (χ0) is 14.7. The van der Waals surface area contributed by atoms with E-state index in [-0.39, 0.29) is 17.9 Å². The van der Waals surface area contributed by atoms with E-state index in [9.17, 15) is 9.59 Å². The SMILES string of the molecule is O=C(Nc1ccccn1)N1CCCN(C(=O)C2CC2)CC1. The summed E-state index contributed by atoms with van der Waals surface area (Å²) < 4.78 is 0. The zero-order valence-corrected chi connectivity index (χ0v) is 12.0. The van der Waals surface area contributed by atoms with Gasteiger partial charge in [0, 0.05) is 38.3 Å². The first-order chi connectivity index (χ1) is 10.2. The van der Waals surface area contributed by atoms with Crippen molar-refractivity contribution in [2.24, 2.45) is 5.92 Å². The van der Waals surface area contributed by atoms with E-state index in [1.165, 1.54) is 0 Å². The highest BCUT2D eigenvalue weighted by Crippen LogP contribution is 2.31. The Morgan fingerprint density at radius 2 is 1.86 bits per heavy atom. The Hall–Kier alpha value is -2.11. The highest BCUT2D eigenvalue weighted by atomic mass is 16.2. The van der Waals surface area contributed by atoms with Gasteiger partial charge in [0.25, 0.3) is 0 Å². The van der Waals surface area contributed by atoms with Crippen LogP contribution >= 0.6 is 0 Å². The molecule has 2 heterocycles. The molecule has 2 fully saturated rings. The zero-order valence-electron chi connectivity index (χ0n) is 12.0. The predicted octanol–water partition coefficient (Wildman–Crippen LogP) is 1.56. The summed E-state index contributed by atoms with van der Waals surface area (Å²) in [5.41, 5.74) is 0. The number of urea groups is 1. The molecule has 0 unspecified atom stereocenters. The van der Waals surface area contributed by atoms with Gasteiger partial charge in [0.1, 0.15) is 5.82 Å². The molecule has 1 saturated carbocycles. The molecule has 1 aromatic heterocycles. The smallest absolute Gasteiger partial charge is 0.323 e. The van der Waals surface area contributed by atoms with Crippen molar-refractivity contribution in [2.75, 3.05) is 31.5 Å². The van der Waals surface area contributed by atoms with E-state index in [1.807, 2.05) is 17.0 Å². The van der Waals surface area contributed by atoms with E-state index >= 15 is 0 Å². The predicted molar refractivity (Wildman–Crippen MR) is 78.7 cm³/mol. The number of nitrogens with zero attached hydrogens (tertiary/aromatic N) is 3. The lowest BCUT2D eigenvalue weighted by Gasteiger charge is -2.22. The van der Waals surface area contributed by atoms with E-state index in [2.05, 4.69) is 10.3 Å². The third-order valence-corrected chi connectivity index (χ3v) is 3.92. The van der Waals surface area contributed by atoms with Gasteiger partial charge < -0.3 is 9.80 Å². The molecule has 0 spiro atoms. The summed E-state index contributed by atoms with van der Waals surface area (Å²) in [7, 11) is 0. The molecule has 0 bridgehead atoms. The fourth-order valence-corrected chi connectivity index (χ4v) is 2.55. The van der Waals surface area contributed by atoms with Gasteiger partial charge in [-0.1, -0.05) is 6.07 Å². The Morgan fingerprint density at radius 1 is 1.10 bits per heavy atom. The van der Waals surface area contributed by atoms with E-state index in [0.717, 1.165) is 25.8 Å². The minimum absolute atomic E-state index is 0.144. The summed E-state index contributed by atoms with van der Waals surface area (Å²) in [4.78, 5) is 32.0. The Balaban J connectivity index is 1.54. The number of hydrogen-bond acceptors (Lipinski definition) is 3. The van der Waals surface area contributed by atoms with Crippen LogP contribution in [-0.4, -0.2) is 52.9 Å². The van der Waals surface area contributed by atoms with Crippen molar-refractivity contribution >= 4 is 17.8 Å². The third kappa shape index (κ3) is 3.51. The topological polar surface area (TPSA) is 65.5 Å². The molecule has 0 aromatic carbocycles. The number of anilines is 1. The molecule has 3 rings (SSSR count). The van der Waals surface area contributed by atoms with Gasteiger partial charge in [-0.25, -0.2) is 9.78 Å². The van der Waals surface area contributed by atoms with Crippen LogP contribution in [0.25, 0.3) is 0 Å². The summed E-state index contributed by atoms with van der Waals surface area (Å²) in [5, 5.41) is 2.79.